The number of hydrogen-bond donors (Lipinski definition) is 1. The van der Waals surface area contributed by atoms with Crippen LogP contribution >= 0.6 is 0 Å². The minimum Gasteiger partial charge on any atom is -0.495 e. The van der Waals surface area contributed by atoms with Crippen molar-refractivity contribution in [2.45, 2.75) is 6.54 Å². The van der Waals surface area contributed by atoms with Gasteiger partial charge < -0.3 is 19.9 Å². The van der Waals surface area contributed by atoms with Crippen molar-refractivity contribution in [2.24, 2.45) is 0 Å². The van der Waals surface area contributed by atoms with Gasteiger partial charge in [0.2, 0.25) is 5.95 Å². The lowest BCUT2D eigenvalue weighted by atomic mass is 10.2. The number of piperazine rings is 1. The van der Waals surface area contributed by atoms with Gasteiger partial charge in [-0.05, 0) is 24.3 Å². The largest absolute Gasteiger partial charge is 0.495 e. The van der Waals surface area contributed by atoms with E-state index < -0.39 is 0 Å². The zero-order valence-corrected chi connectivity index (χ0v) is 15.8. The molecular formula is C20H23N7O. The van der Waals surface area contributed by atoms with E-state index in [2.05, 4.69) is 41.3 Å². The molecule has 0 amide bonds. The highest BCUT2D eigenvalue weighted by Crippen LogP contribution is 2.28. The van der Waals surface area contributed by atoms with Crippen LogP contribution < -0.4 is 19.9 Å². The van der Waals surface area contributed by atoms with Crippen molar-refractivity contribution in [1.29, 1.82) is 0 Å². The fourth-order valence-electron chi connectivity index (χ4n) is 3.26. The van der Waals surface area contributed by atoms with Crippen molar-refractivity contribution in [3.05, 3.63) is 60.6 Å². The normalized spacial score (nSPS) is 14.0. The Morgan fingerprint density at radius 1 is 1.00 bits per heavy atom. The minimum absolute atomic E-state index is 0.510. The van der Waals surface area contributed by atoms with Crippen LogP contribution in [-0.2, 0) is 6.54 Å². The monoisotopic (exact) mass is 377 g/mol. The molecule has 0 unspecified atom stereocenters. The molecule has 3 aromatic rings. The summed E-state index contributed by atoms with van der Waals surface area (Å²) in [6, 6.07) is 13.9. The average Bonchev–Trinajstić information content (AvgIpc) is 2.79. The number of ether oxygens (including phenoxy) is 1. The first-order valence-corrected chi connectivity index (χ1v) is 9.30. The van der Waals surface area contributed by atoms with E-state index in [0.717, 1.165) is 49.1 Å². The molecular weight excluding hydrogens is 354 g/mol. The maximum atomic E-state index is 5.49. The summed E-state index contributed by atoms with van der Waals surface area (Å²) >= 11 is 0. The van der Waals surface area contributed by atoms with Gasteiger partial charge in [-0.2, -0.15) is 10.1 Å². The summed E-state index contributed by atoms with van der Waals surface area (Å²) in [5, 5.41) is 11.4. The lowest BCUT2D eigenvalue weighted by Crippen LogP contribution is -2.47. The Balaban J connectivity index is 1.38. The van der Waals surface area contributed by atoms with Gasteiger partial charge in [-0.15, -0.1) is 5.10 Å². The number of pyridine rings is 1. The van der Waals surface area contributed by atoms with E-state index in [0.29, 0.717) is 12.5 Å². The zero-order valence-electron chi connectivity index (χ0n) is 15.8. The summed E-state index contributed by atoms with van der Waals surface area (Å²) in [5.74, 6) is 2.24. The van der Waals surface area contributed by atoms with Gasteiger partial charge in [-0.1, -0.05) is 18.2 Å². The Kier molecular flexibility index (Phi) is 5.46. The number of nitrogens with zero attached hydrogens (tertiary/aromatic N) is 6. The number of hydrogen-bond acceptors (Lipinski definition) is 8. The van der Waals surface area contributed by atoms with Gasteiger partial charge in [0, 0.05) is 32.4 Å². The molecule has 28 heavy (non-hydrogen) atoms. The number of methoxy groups -OCH3 is 1. The van der Waals surface area contributed by atoms with E-state index in [1.807, 2.05) is 36.4 Å². The van der Waals surface area contributed by atoms with E-state index in [-0.39, 0.29) is 0 Å². The molecule has 8 heteroatoms. The summed E-state index contributed by atoms with van der Waals surface area (Å²) in [5.41, 5.74) is 2.06. The lowest BCUT2D eigenvalue weighted by Gasteiger charge is -2.37. The molecule has 1 aromatic carbocycles. The zero-order chi connectivity index (χ0) is 19.2. The molecule has 0 spiro atoms. The van der Waals surface area contributed by atoms with E-state index in [1.165, 1.54) is 0 Å². The van der Waals surface area contributed by atoms with Crippen molar-refractivity contribution in [1.82, 2.24) is 20.2 Å². The molecule has 0 saturated carbocycles. The summed E-state index contributed by atoms with van der Waals surface area (Å²) in [4.78, 5) is 13.5. The van der Waals surface area contributed by atoms with Crippen molar-refractivity contribution in [3.63, 3.8) is 0 Å². The molecule has 144 valence electrons. The molecule has 1 fully saturated rings. The molecule has 1 aliphatic rings. The standard InChI is InChI=1S/C20H23N7O/c1-28-18-8-3-2-7-17(18)26-10-12-27(13-11-26)19-15-23-25-20(24-19)22-14-16-6-4-5-9-21-16/h2-9,15H,10-14H2,1H3,(H,22,24,25). The van der Waals surface area contributed by atoms with E-state index in [9.17, 15) is 0 Å². The number of rotatable bonds is 6. The highest BCUT2D eigenvalue weighted by atomic mass is 16.5. The SMILES string of the molecule is COc1ccccc1N1CCN(c2cnnc(NCc3ccccn3)n2)CC1. The van der Waals surface area contributed by atoms with Crippen LogP contribution in [0.4, 0.5) is 17.5 Å². The summed E-state index contributed by atoms with van der Waals surface area (Å²) in [7, 11) is 1.71. The predicted molar refractivity (Wildman–Crippen MR) is 109 cm³/mol. The van der Waals surface area contributed by atoms with Crippen LogP contribution in [0.1, 0.15) is 5.69 Å². The molecule has 2 aromatic heterocycles. The van der Waals surface area contributed by atoms with Crippen LogP contribution in [0.3, 0.4) is 0 Å². The topological polar surface area (TPSA) is 79.3 Å². The lowest BCUT2D eigenvalue weighted by molar-refractivity contribution is 0.413. The second kappa shape index (κ2) is 8.51. The third-order valence-corrected chi connectivity index (χ3v) is 4.73. The second-order valence-corrected chi connectivity index (χ2v) is 6.46. The highest BCUT2D eigenvalue weighted by molar-refractivity contribution is 5.59. The first kappa shape index (κ1) is 18.0. The third kappa shape index (κ3) is 4.11. The quantitative estimate of drug-likeness (QED) is 0.700. The van der Waals surface area contributed by atoms with Crippen LogP contribution in [0.2, 0.25) is 0 Å². The molecule has 1 saturated heterocycles. The van der Waals surface area contributed by atoms with E-state index in [4.69, 9.17) is 4.74 Å². The molecule has 0 atom stereocenters. The van der Waals surface area contributed by atoms with Crippen molar-refractivity contribution < 1.29 is 4.74 Å². The molecule has 3 heterocycles. The van der Waals surface area contributed by atoms with Gasteiger partial charge in [0.1, 0.15) is 5.75 Å². The van der Waals surface area contributed by atoms with Gasteiger partial charge in [-0.3, -0.25) is 4.98 Å². The van der Waals surface area contributed by atoms with Crippen molar-refractivity contribution in [2.75, 3.05) is 48.4 Å². The summed E-state index contributed by atoms with van der Waals surface area (Å²) in [6.45, 7) is 4.06. The number of aromatic nitrogens is 4. The maximum Gasteiger partial charge on any atom is 0.245 e. The number of benzene rings is 1. The molecule has 0 aliphatic carbocycles. The summed E-state index contributed by atoms with van der Waals surface area (Å²) in [6.07, 6.45) is 3.48. The van der Waals surface area contributed by atoms with Gasteiger partial charge in [0.25, 0.3) is 0 Å². The molecule has 8 nitrogen and oxygen atoms in total. The third-order valence-electron chi connectivity index (χ3n) is 4.73. The van der Waals surface area contributed by atoms with Crippen LogP contribution in [0, 0.1) is 0 Å². The first-order valence-electron chi connectivity index (χ1n) is 9.30. The van der Waals surface area contributed by atoms with Gasteiger partial charge >= 0.3 is 0 Å². The molecule has 1 aliphatic heterocycles. The van der Waals surface area contributed by atoms with Crippen molar-refractivity contribution >= 4 is 17.5 Å². The van der Waals surface area contributed by atoms with Gasteiger partial charge in [-0.25, -0.2) is 0 Å². The Hall–Kier alpha value is -3.42. The molecule has 1 N–H and O–H groups in total. The average molecular weight is 377 g/mol. The Bertz CT molecular complexity index is 898. The second-order valence-electron chi connectivity index (χ2n) is 6.46. The number of anilines is 3. The smallest absolute Gasteiger partial charge is 0.245 e. The molecule has 0 bridgehead atoms. The van der Waals surface area contributed by atoms with E-state index in [1.54, 1.807) is 19.5 Å². The highest BCUT2D eigenvalue weighted by Gasteiger charge is 2.21. The van der Waals surface area contributed by atoms with Crippen LogP contribution in [-0.4, -0.2) is 53.5 Å². The number of para-hydroxylation sites is 2. The Morgan fingerprint density at radius 2 is 1.79 bits per heavy atom. The first-order chi connectivity index (χ1) is 13.8. The molecule has 0 radical (unpaired) electrons. The van der Waals surface area contributed by atoms with Crippen LogP contribution in [0.15, 0.2) is 54.9 Å². The number of nitrogens with one attached hydrogen (secondary N) is 1. The fraction of sp³-hybridized carbons (Fsp3) is 0.300. The fourth-order valence-corrected chi connectivity index (χ4v) is 3.26. The molecule has 4 rings (SSSR count). The Morgan fingerprint density at radius 3 is 2.57 bits per heavy atom. The van der Waals surface area contributed by atoms with Crippen LogP contribution in [0.25, 0.3) is 0 Å². The minimum atomic E-state index is 0.510. The van der Waals surface area contributed by atoms with E-state index >= 15 is 0 Å². The predicted octanol–water partition coefficient (Wildman–Crippen LogP) is 2.21. The Labute approximate surface area is 164 Å². The van der Waals surface area contributed by atoms with Crippen molar-refractivity contribution in [3.8, 4) is 5.75 Å². The van der Waals surface area contributed by atoms with Crippen LogP contribution in [0.5, 0.6) is 5.75 Å². The van der Waals surface area contributed by atoms with Gasteiger partial charge in [0.15, 0.2) is 5.82 Å². The van der Waals surface area contributed by atoms with Gasteiger partial charge in [0.05, 0.1) is 31.2 Å². The maximum absolute atomic E-state index is 5.49. The summed E-state index contributed by atoms with van der Waals surface area (Å²) < 4.78 is 5.49.